The summed E-state index contributed by atoms with van der Waals surface area (Å²) >= 11 is 0. The molecule has 2 heterocycles. The summed E-state index contributed by atoms with van der Waals surface area (Å²) in [4.78, 5) is 2.66. The van der Waals surface area contributed by atoms with Crippen molar-refractivity contribution in [3.8, 4) is 0 Å². The van der Waals surface area contributed by atoms with Crippen molar-refractivity contribution in [2.24, 2.45) is 0 Å². The van der Waals surface area contributed by atoms with Crippen molar-refractivity contribution in [3.05, 3.63) is 35.9 Å². The molecule has 2 aliphatic heterocycles. The van der Waals surface area contributed by atoms with Crippen LogP contribution in [0.4, 0.5) is 0 Å². The van der Waals surface area contributed by atoms with Crippen molar-refractivity contribution in [1.82, 2.24) is 10.2 Å². The lowest BCUT2D eigenvalue weighted by Gasteiger charge is -2.17. The maximum absolute atomic E-state index is 3.60. The maximum atomic E-state index is 3.60. The second-order valence-electron chi connectivity index (χ2n) is 6.13. The van der Waals surface area contributed by atoms with Crippen LogP contribution in [0.2, 0.25) is 0 Å². The summed E-state index contributed by atoms with van der Waals surface area (Å²) in [5, 5.41) is 3.60. The molecule has 1 aromatic carbocycles. The van der Waals surface area contributed by atoms with Crippen molar-refractivity contribution in [3.63, 3.8) is 0 Å². The Labute approximate surface area is 117 Å². The number of rotatable bonds is 5. The van der Waals surface area contributed by atoms with Gasteiger partial charge in [-0.1, -0.05) is 30.3 Å². The Morgan fingerprint density at radius 1 is 1.16 bits per heavy atom. The summed E-state index contributed by atoms with van der Waals surface area (Å²) in [7, 11) is 0. The second kappa shape index (κ2) is 6.53. The summed E-state index contributed by atoms with van der Waals surface area (Å²) in [6.07, 6.45) is 6.84. The molecule has 0 bridgehead atoms. The lowest BCUT2D eigenvalue weighted by molar-refractivity contribution is 0.318. The highest BCUT2D eigenvalue weighted by molar-refractivity contribution is 5.20. The molecule has 19 heavy (non-hydrogen) atoms. The fraction of sp³-hybridized carbons (Fsp3) is 0.647. The minimum Gasteiger partial charge on any atom is -0.314 e. The van der Waals surface area contributed by atoms with Gasteiger partial charge in [0.2, 0.25) is 0 Å². The van der Waals surface area contributed by atoms with E-state index < -0.39 is 0 Å². The van der Waals surface area contributed by atoms with Crippen LogP contribution in [0.25, 0.3) is 0 Å². The summed E-state index contributed by atoms with van der Waals surface area (Å²) in [5.41, 5.74) is 1.53. The lowest BCUT2D eigenvalue weighted by Crippen LogP contribution is -2.25. The van der Waals surface area contributed by atoms with E-state index in [0.29, 0.717) is 0 Å². The van der Waals surface area contributed by atoms with E-state index in [4.69, 9.17) is 0 Å². The van der Waals surface area contributed by atoms with Gasteiger partial charge in [-0.25, -0.2) is 0 Å². The molecule has 0 aromatic heterocycles. The summed E-state index contributed by atoms with van der Waals surface area (Å²) in [6, 6.07) is 11.8. The number of hydrogen-bond donors (Lipinski definition) is 1. The van der Waals surface area contributed by atoms with Crippen LogP contribution in [-0.2, 0) is 0 Å². The normalized spacial score (nSPS) is 28.0. The third-order valence-corrected chi connectivity index (χ3v) is 4.73. The molecule has 1 N–H and O–H groups in total. The van der Waals surface area contributed by atoms with Crippen LogP contribution in [0.3, 0.4) is 0 Å². The van der Waals surface area contributed by atoms with E-state index in [2.05, 4.69) is 40.5 Å². The standard InChI is InChI=1S/C17H26N2/c1-2-6-15(7-3-1)16-10-13-19(14-16)12-5-9-17-8-4-11-18-17/h1-3,6-7,16-18H,4-5,8-14H2. The van der Waals surface area contributed by atoms with E-state index in [1.807, 2.05) is 0 Å². The Bertz CT molecular complexity index is 370. The molecule has 3 rings (SSSR count). The van der Waals surface area contributed by atoms with Crippen LogP contribution < -0.4 is 5.32 Å². The van der Waals surface area contributed by atoms with Gasteiger partial charge in [-0.3, -0.25) is 0 Å². The van der Waals surface area contributed by atoms with Gasteiger partial charge in [-0.05, 0) is 63.2 Å². The number of nitrogens with one attached hydrogen (secondary N) is 1. The van der Waals surface area contributed by atoms with E-state index in [9.17, 15) is 0 Å². The summed E-state index contributed by atoms with van der Waals surface area (Å²) < 4.78 is 0. The monoisotopic (exact) mass is 258 g/mol. The second-order valence-corrected chi connectivity index (χ2v) is 6.13. The van der Waals surface area contributed by atoms with Gasteiger partial charge in [0.25, 0.3) is 0 Å². The molecule has 0 aliphatic carbocycles. The first kappa shape index (κ1) is 13.1. The van der Waals surface area contributed by atoms with Gasteiger partial charge in [0.1, 0.15) is 0 Å². The van der Waals surface area contributed by atoms with Gasteiger partial charge >= 0.3 is 0 Å². The lowest BCUT2D eigenvalue weighted by atomic mass is 9.99. The molecule has 2 nitrogen and oxygen atoms in total. The average molecular weight is 258 g/mol. The Hall–Kier alpha value is -0.860. The van der Waals surface area contributed by atoms with Gasteiger partial charge < -0.3 is 10.2 Å². The molecular weight excluding hydrogens is 232 g/mol. The van der Waals surface area contributed by atoms with Gasteiger partial charge in [-0.2, -0.15) is 0 Å². The highest BCUT2D eigenvalue weighted by Gasteiger charge is 2.23. The number of likely N-dealkylation sites (tertiary alicyclic amines) is 1. The van der Waals surface area contributed by atoms with E-state index in [1.54, 1.807) is 0 Å². The number of hydrogen-bond acceptors (Lipinski definition) is 2. The van der Waals surface area contributed by atoms with Crippen LogP contribution in [-0.4, -0.2) is 37.1 Å². The first-order chi connectivity index (χ1) is 9.42. The van der Waals surface area contributed by atoms with Crippen molar-refractivity contribution in [2.45, 2.75) is 44.1 Å². The third kappa shape index (κ3) is 3.58. The fourth-order valence-electron chi connectivity index (χ4n) is 3.60. The van der Waals surface area contributed by atoms with Crippen molar-refractivity contribution in [2.75, 3.05) is 26.2 Å². The minimum absolute atomic E-state index is 0.769. The van der Waals surface area contributed by atoms with Crippen molar-refractivity contribution >= 4 is 0 Å². The molecule has 0 saturated carbocycles. The van der Waals surface area contributed by atoms with Gasteiger partial charge in [0, 0.05) is 12.6 Å². The first-order valence-electron chi connectivity index (χ1n) is 7.92. The third-order valence-electron chi connectivity index (χ3n) is 4.73. The number of nitrogens with zero attached hydrogens (tertiary/aromatic N) is 1. The fourth-order valence-corrected chi connectivity index (χ4v) is 3.60. The number of benzene rings is 1. The zero-order valence-electron chi connectivity index (χ0n) is 11.9. The molecule has 2 unspecified atom stereocenters. The predicted molar refractivity (Wildman–Crippen MR) is 80.5 cm³/mol. The van der Waals surface area contributed by atoms with Gasteiger partial charge in [0.15, 0.2) is 0 Å². The maximum Gasteiger partial charge on any atom is 0.00680 e. The summed E-state index contributed by atoms with van der Waals surface area (Å²) in [6.45, 7) is 5.09. The average Bonchev–Trinajstić information content (AvgIpc) is 3.11. The molecule has 2 aliphatic rings. The Morgan fingerprint density at radius 3 is 2.84 bits per heavy atom. The van der Waals surface area contributed by atoms with E-state index in [-0.39, 0.29) is 0 Å². The molecule has 2 fully saturated rings. The zero-order valence-corrected chi connectivity index (χ0v) is 11.9. The molecule has 0 amide bonds. The SMILES string of the molecule is c1ccc(C2CCN(CCCC3CCCN3)C2)cc1. The highest BCUT2D eigenvalue weighted by atomic mass is 15.1. The molecular formula is C17H26N2. The van der Waals surface area contributed by atoms with Crippen LogP contribution in [0.1, 0.15) is 43.6 Å². The summed E-state index contributed by atoms with van der Waals surface area (Å²) in [5.74, 6) is 0.769. The molecule has 0 spiro atoms. The van der Waals surface area contributed by atoms with Crippen LogP contribution in [0, 0.1) is 0 Å². The molecule has 1 aromatic rings. The molecule has 2 heteroatoms. The van der Waals surface area contributed by atoms with Crippen molar-refractivity contribution < 1.29 is 0 Å². The Balaban J connectivity index is 1.39. The molecule has 0 radical (unpaired) electrons. The van der Waals surface area contributed by atoms with E-state index >= 15 is 0 Å². The smallest absolute Gasteiger partial charge is 0.00680 e. The molecule has 2 atom stereocenters. The topological polar surface area (TPSA) is 15.3 Å². The van der Waals surface area contributed by atoms with Gasteiger partial charge in [0.05, 0.1) is 0 Å². The zero-order chi connectivity index (χ0) is 12.9. The van der Waals surface area contributed by atoms with Gasteiger partial charge in [-0.15, -0.1) is 0 Å². The minimum atomic E-state index is 0.769. The Kier molecular flexibility index (Phi) is 4.52. The van der Waals surface area contributed by atoms with Crippen LogP contribution in [0.5, 0.6) is 0 Å². The van der Waals surface area contributed by atoms with E-state index in [0.717, 1.165) is 12.0 Å². The van der Waals surface area contributed by atoms with Crippen LogP contribution in [0.15, 0.2) is 30.3 Å². The molecule has 2 saturated heterocycles. The quantitative estimate of drug-likeness (QED) is 0.873. The predicted octanol–water partition coefficient (Wildman–Crippen LogP) is 3.01. The van der Waals surface area contributed by atoms with Crippen molar-refractivity contribution in [1.29, 1.82) is 0 Å². The van der Waals surface area contributed by atoms with Crippen LogP contribution >= 0.6 is 0 Å². The Morgan fingerprint density at radius 2 is 2.05 bits per heavy atom. The first-order valence-corrected chi connectivity index (χ1v) is 7.92. The largest absolute Gasteiger partial charge is 0.314 e. The molecule has 104 valence electrons. The van der Waals surface area contributed by atoms with E-state index in [1.165, 1.54) is 63.8 Å². The highest BCUT2D eigenvalue weighted by Crippen LogP contribution is 2.27.